The van der Waals surface area contributed by atoms with Crippen LogP contribution < -0.4 is 5.69 Å². The normalized spacial score (nSPS) is 28.3. The number of carbonyl (C=O) groups is 1. The molecule has 1 aromatic rings. The largest absolute Gasteiger partial charge is 0.394 e. The van der Waals surface area contributed by atoms with Crippen LogP contribution in [0, 0.1) is 17.2 Å². The molecule has 2 N–H and O–H groups in total. The zero-order valence-corrected chi connectivity index (χ0v) is 11.3. The first-order valence-electron chi connectivity index (χ1n) is 6.39. The zero-order valence-electron chi connectivity index (χ0n) is 11.3. The maximum atomic E-state index is 12.0. The highest BCUT2D eigenvalue weighted by atomic mass is 16.5. The van der Waals surface area contributed by atoms with Crippen molar-refractivity contribution in [1.82, 2.24) is 9.55 Å². The molecule has 0 radical (unpaired) electrons. The van der Waals surface area contributed by atoms with Crippen molar-refractivity contribution in [3.8, 4) is 6.07 Å². The van der Waals surface area contributed by atoms with Crippen molar-refractivity contribution in [2.24, 2.45) is 5.92 Å². The second-order valence-corrected chi connectivity index (χ2v) is 4.88. The Labute approximate surface area is 120 Å². The number of aromatic nitrogens is 2. The Hall–Kier alpha value is -2.08. The summed E-state index contributed by atoms with van der Waals surface area (Å²) in [6, 6.07) is 3.36. The number of nitrogens with zero attached hydrogens (tertiary/aromatic N) is 3. The highest BCUT2D eigenvalue weighted by Gasteiger charge is 2.45. The first-order chi connectivity index (χ1) is 9.97. The molecule has 2 rings (SSSR count). The topological polar surface area (TPSA) is 125 Å². The highest BCUT2D eigenvalue weighted by molar-refractivity contribution is 5.77. The van der Waals surface area contributed by atoms with Gasteiger partial charge in [-0.25, -0.2) is 4.79 Å². The minimum atomic E-state index is -1.19. The molecule has 4 atom stereocenters. The number of hydrogen-bond donors (Lipinski definition) is 2. The monoisotopic (exact) mass is 293 g/mol. The molecule has 8 nitrogen and oxygen atoms in total. The number of nitriles is 1. The van der Waals surface area contributed by atoms with Crippen LogP contribution in [0.5, 0.6) is 0 Å². The van der Waals surface area contributed by atoms with E-state index in [-0.39, 0.29) is 12.2 Å². The summed E-state index contributed by atoms with van der Waals surface area (Å²) in [5.41, 5.74) is -0.348. The summed E-state index contributed by atoms with van der Waals surface area (Å²) in [4.78, 5) is 26.7. The van der Waals surface area contributed by atoms with Crippen LogP contribution in [-0.2, 0) is 16.0 Å². The molecule has 0 amide bonds. The fourth-order valence-electron chi connectivity index (χ4n) is 2.27. The standard InChI is InChI=1S/C13H15N3O5/c1-7(18)4-8-2-3-16(13(20)15-8)12-9(5-14)11(19)10(6-17)21-12/h2-3,9-12,17,19H,4,6H2,1H3/t9-,10+,11-,12+/m0/s1. The first-order valence-corrected chi connectivity index (χ1v) is 6.39. The summed E-state index contributed by atoms with van der Waals surface area (Å²) in [5.74, 6) is -1.11. The summed E-state index contributed by atoms with van der Waals surface area (Å²) in [5, 5.41) is 28.0. The summed E-state index contributed by atoms with van der Waals surface area (Å²) in [6.45, 7) is 0.932. The Bertz CT molecular complexity index is 635. The molecular formula is C13H15N3O5. The maximum absolute atomic E-state index is 12.0. The summed E-state index contributed by atoms with van der Waals surface area (Å²) in [7, 11) is 0. The number of ketones is 1. The molecule has 1 aromatic heterocycles. The number of aliphatic hydroxyl groups is 2. The number of Topliss-reactive ketones (excluding diaryl/α,β-unsaturated/α-hetero) is 1. The third kappa shape index (κ3) is 3.00. The van der Waals surface area contributed by atoms with E-state index in [1.54, 1.807) is 0 Å². The highest BCUT2D eigenvalue weighted by Crippen LogP contribution is 2.33. The van der Waals surface area contributed by atoms with Gasteiger partial charge in [-0.3, -0.25) is 9.36 Å². The lowest BCUT2D eigenvalue weighted by Gasteiger charge is -2.16. The average molecular weight is 293 g/mol. The van der Waals surface area contributed by atoms with Gasteiger partial charge in [-0.15, -0.1) is 0 Å². The molecule has 112 valence electrons. The Kier molecular flexibility index (Phi) is 4.47. The van der Waals surface area contributed by atoms with E-state index in [4.69, 9.17) is 15.1 Å². The number of ether oxygens (including phenoxy) is 1. The molecule has 0 bridgehead atoms. The van der Waals surface area contributed by atoms with E-state index < -0.39 is 36.7 Å². The first kappa shape index (κ1) is 15.3. The molecule has 1 aliphatic heterocycles. The zero-order chi connectivity index (χ0) is 15.6. The Balaban J connectivity index is 2.32. The summed E-state index contributed by atoms with van der Waals surface area (Å²) >= 11 is 0. The van der Waals surface area contributed by atoms with Crippen LogP contribution in [0.3, 0.4) is 0 Å². The second-order valence-electron chi connectivity index (χ2n) is 4.88. The predicted molar refractivity (Wildman–Crippen MR) is 69.0 cm³/mol. The summed E-state index contributed by atoms with van der Waals surface area (Å²) in [6.07, 6.45) is -1.72. The minimum Gasteiger partial charge on any atom is -0.394 e. The van der Waals surface area contributed by atoms with Gasteiger partial charge in [0.25, 0.3) is 0 Å². The number of aliphatic hydroxyl groups excluding tert-OH is 2. The third-order valence-corrected chi connectivity index (χ3v) is 3.29. The van der Waals surface area contributed by atoms with Crippen molar-refractivity contribution in [2.45, 2.75) is 31.8 Å². The second kappa shape index (κ2) is 6.13. The fraction of sp³-hybridized carbons (Fsp3) is 0.538. The Morgan fingerprint density at radius 2 is 2.33 bits per heavy atom. The quantitative estimate of drug-likeness (QED) is 0.711. The SMILES string of the molecule is CC(=O)Cc1ccn([C@@H]2O[C@H](CO)[C@@H](O)[C@@H]2C#N)c(=O)n1. The van der Waals surface area contributed by atoms with Crippen LogP contribution in [0.15, 0.2) is 17.1 Å². The van der Waals surface area contributed by atoms with Gasteiger partial charge in [0.15, 0.2) is 6.23 Å². The number of carbonyl (C=O) groups excluding carboxylic acids is 1. The molecule has 2 heterocycles. The molecular weight excluding hydrogens is 278 g/mol. The van der Waals surface area contributed by atoms with E-state index in [0.717, 1.165) is 4.57 Å². The van der Waals surface area contributed by atoms with Gasteiger partial charge in [0.1, 0.15) is 23.9 Å². The molecule has 0 aliphatic carbocycles. The van der Waals surface area contributed by atoms with Crippen LogP contribution in [-0.4, -0.2) is 44.4 Å². The smallest absolute Gasteiger partial charge is 0.349 e. The molecule has 0 saturated carbocycles. The van der Waals surface area contributed by atoms with Crippen molar-refractivity contribution in [2.75, 3.05) is 6.61 Å². The average Bonchev–Trinajstić information content (AvgIpc) is 2.74. The molecule has 1 saturated heterocycles. The lowest BCUT2D eigenvalue weighted by atomic mass is 10.0. The van der Waals surface area contributed by atoms with Crippen LogP contribution in [0.4, 0.5) is 0 Å². The molecule has 1 fully saturated rings. The van der Waals surface area contributed by atoms with Crippen molar-refractivity contribution in [3.63, 3.8) is 0 Å². The van der Waals surface area contributed by atoms with Gasteiger partial charge in [0.2, 0.25) is 0 Å². The van der Waals surface area contributed by atoms with Gasteiger partial charge in [-0.1, -0.05) is 0 Å². The van der Waals surface area contributed by atoms with Crippen molar-refractivity contribution in [3.05, 3.63) is 28.4 Å². The molecule has 1 aliphatic rings. The van der Waals surface area contributed by atoms with Crippen molar-refractivity contribution < 1.29 is 19.7 Å². The number of rotatable bonds is 4. The Morgan fingerprint density at radius 3 is 2.86 bits per heavy atom. The van der Waals surface area contributed by atoms with Crippen molar-refractivity contribution >= 4 is 5.78 Å². The van der Waals surface area contributed by atoms with Gasteiger partial charge in [-0.2, -0.15) is 10.2 Å². The van der Waals surface area contributed by atoms with E-state index >= 15 is 0 Å². The fourth-order valence-corrected chi connectivity index (χ4v) is 2.27. The lowest BCUT2D eigenvalue weighted by Crippen LogP contribution is -2.32. The molecule has 0 unspecified atom stereocenters. The van der Waals surface area contributed by atoms with E-state index in [0.29, 0.717) is 5.69 Å². The van der Waals surface area contributed by atoms with Gasteiger partial charge in [-0.05, 0) is 13.0 Å². The van der Waals surface area contributed by atoms with Crippen LogP contribution in [0.1, 0.15) is 18.8 Å². The molecule has 8 heteroatoms. The molecule has 21 heavy (non-hydrogen) atoms. The van der Waals surface area contributed by atoms with E-state index in [1.807, 2.05) is 6.07 Å². The lowest BCUT2D eigenvalue weighted by molar-refractivity contribution is -0.116. The number of hydrogen-bond acceptors (Lipinski definition) is 7. The third-order valence-electron chi connectivity index (χ3n) is 3.29. The van der Waals surface area contributed by atoms with Gasteiger partial charge in [0, 0.05) is 12.6 Å². The van der Waals surface area contributed by atoms with E-state index in [9.17, 15) is 14.7 Å². The van der Waals surface area contributed by atoms with Crippen LogP contribution in [0.25, 0.3) is 0 Å². The summed E-state index contributed by atoms with van der Waals surface area (Å²) < 4.78 is 6.43. The predicted octanol–water partition coefficient (Wildman–Crippen LogP) is -1.23. The van der Waals surface area contributed by atoms with Crippen LogP contribution in [0.2, 0.25) is 0 Å². The van der Waals surface area contributed by atoms with Crippen LogP contribution >= 0.6 is 0 Å². The maximum Gasteiger partial charge on any atom is 0.349 e. The van der Waals surface area contributed by atoms with Gasteiger partial charge < -0.3 is 14.9 Å². The van der Waals surface area contributed by atoms with Crippen molar-refractivity contribution in [1.29, 1.82) is 5.26 Å². The van der Waals surface area contributed by atoms with Gasteiger partial charge in [0.05, 0.1) is 18.4 Å². The van der Waals surface area contributed by atoms with E-state index in [1.165, 1.54) is 19.2 Å². The molecule has 0 aromatic carbocycles. The minimum absolute atomic E-state index is 0.0468. The van der Waals surface area contributed by atoms with Gasteiger partial charge >= 0.3 is 5.69 Å². The molecule has 0 spiro atoms. The van der Waals surface area contributed by atoms with E-state index in [2.05, 4.69) is 4.98 Å². The Morgan fingerprint density at radius 1 is 1.62 bits per heavy atom.